The molecule has 3 rings (SSSR count). The van der Waals surface area contributed by atoms with Gasteiger partial charge in [0.1, 0.15) is 5.75 Å². The molecule has 2 amide bonds. The lowest BCUT2D eigenvalue weighted by Gasteiger charge is -2.21. The maximum atomic E-state index is 12.0. The number of nitrogens with one attached hydrogen (secondary N) is 2. The SMILES string of the molecule is O=C(COc1ccccc1C1SCCS1)NNC(=O)C1CCCCC1. The van der Waals surface area contributed by atoms with Gasteiger partial charge in [-0.1, -0.05) is 37.5 Å². The quantitative estimate of drug-likeness (QED) is 0.768. The first-order valence-corrected chi connectivity index (χ1v) is 10.9. The van der Waals surface area contributed by atoms with E-state index in [1.54, 1.807) is 0 Å². The van der Waals surface area contributed by atoms with Crippen LogP contribution >= 0.6 is 23.5 Å². The van der Waals surface area contributed by atoms with Crippen molar-refractivity contribution in [2.45, 2.75) is 36.7 Å². The molecule has 136 valence electrons. The maximum absolute atomic E-state index is 12.0. The molecule has 1 aromatic carbocycles. The van der Waals surface area contributed by atoms with E-state index in [2.05, 4.69) is 10.9 Å². The smallest absolute Gasteiger partial charge is 0.276 e. The van der Waals surface area contributed by atoms with Crippen molar-refractivity contribution < 1.29 is 14.3 Å². The predicted octanol–water partition coefficient (Wildman–Crippen LogP) is 3.27. The summed E-state index contributed by atoms with van der Waals surface area (Å²) in [5.74, 6) is 2.60. The number of ether oxygens (including phenoxy) is 1. The third-order valence-corrected chi connectivity index (χ3v) is 7.52. The first-order valence-electron chi connectivity index (χ1n) is 8.77. The first-order chi connectivity index (χ1) is 12.2. The molecule has 0 bridgehead atoms. The fraction of sp³-hybridized carbons (Fsp3) is 0.556. The zero-order chi connectivity index (χ0) is 17.5. The third-order valence-electron chi connectivity index (χ3n) is 4.45. The van der Waals surface area contributed by atoms with Gasteiger partial charge in [-0.2, -0.15) is 0 Å². The molecule has 2 aliphatic rings. The second-order valence-electron chi connectivity index (χ2n) is 6.27. The number of hydrogen-bond donors (Lipinski definition) is 2. The zero-order valence-corrected chi connectivity index (χ0v) is 15.8. The lowest BCUT2D eigenvalue weighted by Crippen LogP contribution is -2.46. The minimum Gasteiger partial charge on any atom is -0.483 e. The average molecular weight is 381 g/mol. The van der Waals surface area contributed by atoms with E-state index in [1.165, 1.54) is 6.42 Å². The Labute approximate surface area is 157 Å². The molecule has 2 N–H and O–H groups in total. The molecule has 0 atom stereocenters. The van der Waals surface area contributed by atoms with Crippen molar-refractivity contribution in [2.75, 3.05) is 18.1 Å². The minimum atomic E-state index is -0.342. The fourth-order valence-electron chi connectivity index (χ4n) is 3.12. The largest absolute Gasteiger partial charge is 0.483 e. The van der Waals surface area contributed by atoms with E-state index in [0.717, 1.165) is 48.5 Å². The Morgan fingerprint density at radius 2 is 1.76 bits per heavy atom. The molecule has 1 aromatic rings. The van der Waals surface area contributed by atoms with Crippen LogP contribution in [0, 0.1) is 5.92 Å². The van der Waals surface area contributed by atoms with Gasteiger partial charge in [-0.25, -0.2) is 0 Å². The lowest BCUT2D eigenvalue weighted by atomic mass is 9.89. The Balaban J connectivity index is 1.45. The van der Waals surface area contributed by atoms with Crippen molar-refractivity contribution in [3.05, 3.63) is 29.8 Å². The van der Waals surface area contributed by atoms with Crippen LogP contribution in [-0.2, 0) is 9.59 Å². The summed E-state index contributed by atoms with van der Waals surface area (Å²) in [4.78, 5) is 24.0. The van der Waals surface area contributed by atoms with Crippen molar-refractivity contribution in [3.8, 4) is 5.75 Å². The van der Waals surface area contributed by atoms with E-state index in [9.17, 15) is 9.59 Å². The summed E-state index contributed by atoms with van der Waals surface area (Å²) in [6.45, 7) is -0.107. The molecule has 25 heavy (non-hydrogen) atoms. The van der Waals surface area contributed by atoms with E-state index >= 15 is 0 Å². The highest BCUT2D eigenvalue weighted by molar-refractivity contribution is 8.19. The van der Waals surface area contributed by atoms with Gasteiger partial charge in [0.2, 0.25) is 5.91 Å². The number of amides is 2. The van der Waals surface area contributed by atoms with Crippen LogP contribution in [0.3, 0.4) is 0 Å². The number of para-hydroxylation sites is 1. The number of thioether (sulfide) groups is 2. The topological polar surface area (TPSA) is 67.4 Å². The van der Waals surface area contributed by atoms with Crippen LogP contribution in [0.1, 0.15) is 42.2 Å². The zero-order valence-electron chi connectivity index (χ0n) is 14.2. The molecule has 1 aliphatic carbocycles. The number of rotatable bonds is 5. The molecule has 0 unspecified atom stereocenters. The van der Waals surface area contributed by atoms with E-state index < -0.39 is 0 Å². The monoisotopic (exact) mass is 380 g/mol. The minimum absolute atomic E-state index is 0.0205. The molecule has 0 aromatic heterocycles. The summed E-state index contributed by atoms with van der Waals surface area (Å²) in [5, 5.41) is 0. The Morgan fingerprint density at radius 3 is 2.52 bits per heavy atom. The summed E-state index contributed by atoms with van der Waals surface area (Å²) in [5.41, 5.74) is 6.12. The Hall–Kier alpha value is -1.34. The van der Waals surface area contributed by atoms with Gasteiger partial charge in [0.25, 0.3) is 5.91 Å². The second-order valence-corrected chi connectivity index (χ2v) is 9.00. The predicted molar refractivity (Wildman–Crippen MR) is 102 cm³/mol. The summed E-state index contributed by atoms with van der Waals surface area (Å²) in [6, 6.07) is 7.84. The van der Waals surface area contributed by atoms with Crippen LogP contribution in [0.5, 0.6) is 5.75 Å². The standard InChI is InChI=1S/C18H24N2O3S2/c21-16(19-20-17(22)13-6-2-1-3-7-13)12-23-15-9-5-4-8-14(15)18-24-10-11-25-18/h4-5,8-9,13,18H,1-3,6-7,10-12H2,(H,19,21)(H,20,22). The van der Waals surface area contributed by atoms with Crippen LogP contribution in [0.4, 0.5) is 0 Å². The van der Waals surface area contributed by atoms with Crippen molar-refractivity contribution >= 4 is 35.3 Å². The molecule has 1 saturated heterocycles. The van der Waals surface area contributed by atoms with Gasteiger partial charge in [-0.3, -0.25) is 20.4 Å². The maximum Gasteiger partial charge on any atom is 0.276 e. The van der Waals surface area contributed by atoms with Crippen LogP contribution < -0.4 is 15.6 Å². The Bertz CT molecular complexity index is 600. The summed E-state index contributed by atoms with van der Waals surface area (Å²) >= 11 is 3.80. The molecule has 2 fully saturated rings. The molecule has 7 heteroatoms. The van der Waals surface area contributed by atoms with Crippen molar-refractivity contribution in [1.82, 2.24) is 10.9 Å². The molecule has 1 heterocycles. The lowest BCUT2D eigenvalue weighted by molar-refractivity contribution is -0.132. The first kappa shape index (κ1) is 18.5. The molecule has 5 nitrogen and oxygen atoms in total. The number of hydrazine groups is 1. The molecular weight excluding hydrogens is 356 g/mol. The van der Waals surface area contributed by atoms with Gasteiger partial charge in [0, 0.05) is 23.0 Å². The van der Waals surface area contributed by atoms with Gasteiger partial charge >= 0.3 is 0 Å². The summed E-state index contributed by atoms with van der Waals surface area (Å²) < 4.78 is 6.07. The molecular formula is C18H24N2O3S2. The summed E-state index contributed by atoms with van der Waals surface area (Å²) in [6.07, 6.45) is 5.18. The van der Waals surface area contributed by atoms with Crippen molar-refractivity contribution in [1.29, 1.82) is 0 Å². The van der Waals surface area contributed by atoms with Crippen LogP contribution in [-0.4, -0.2) is 29.9 Å². The van der Waals surface area contributed by atoms with Crippen LogP contribution in [0.25, 0.3) is 0 Å². The highest BCUT2D eigenvalue weighted by Crippen LogP contribution is 2.48. The van der Waals surface area contributed by atoms with Gasteiger partial charge in [0.15, 0.2) is 6.61 Å². The van der Waals surface area contributed by atoms with E-state index in [-0.39, 0.29) is 24.3 Å². The number of benzene rings is 1. The molecule has 1 aliphatic heterocycles. The van der Waals surface area contributed by atoms with Crippen molar-refractivity contribution in [3.63, 3.8) is 0 Å². The van der Waals surface area contributed by atoms with Gasteiger partial charge in [-0.15, -0.1) is 23.5 Å². The molecule has 0 spiro atoms. The van der Waals surface area contributed by atoms with Crippen LogP contribution in [0.2, 0.25) is 0 Å². The van der Waals surface area contributed by atoms with Gasteiger partial charge in [0.05, 0.1) is 4.58 Å². The number of carbonyl (C=O) groups is 2. The van der Waals surface area contributed by atoms with E-state index in [1.807, 2.05) is 47.8 Å². The highest BCUT2D eigenvalue weighted by Gasteiger charge is 2.23. The molecule has 0 radical (unpaired) electrons. The Kier molecular flexibility index (Phi) is 6.93. The highest BCUT2D eigenvalue weighted by atomic mass is 32.2. The van der Waals surface area contributed by atoms with Crippen molar-refractivity contribution in [2.24, 2.45) is 5.92 Å². The number of carbonyl (C=O) groups excluding carboxylic acids is 2. The van der Waals surface area contributed by atoms with Crippen LogP contribution in [0.15, 0.2) is 24.3 Å². The fourth-order valence-corrected chi connectivity index (χ4v) is 6.03. The second kappa shape index (κ2) is 9.38. The van der Waals surface area contributed by atoms with E-state index in [0.29, 0.717) is 4.58 Å². The van der Waals surface area contributed by atoms with E-state index in [4.69, 9.17) is 4.74 Å². The number of hydrogen-bond acceptors (Lipinski definition) is 5. The normalized spacial score (nSPS) is 18.7. The summed E-state index contributed by atoms with van der Waals surface area (Å²) in [7, 11) is 0. The third kappa shape index (κ3) is 5.31. The molecule has 1 saturated carbocycles. The van der Waals surface area contributed by atoms with Gasteiger partial charge < -0.3 is 4.74 Å². The average Bonchev–Trinajstić information content (AvgIpc) is 3.20. The Morgan fingerprint density at radius 1 is 1.04 bits per heavy atom. The van der Waals surface area contributed by atoms with Gasteiger partial charge in [-0.05, 0) is 18.9 Å².